The van der Waals surface area contributed by atoms with Crippen LogP contribution in [0, 0.1) is 17.8 Å². The molecule has 2 aliphatic carbocycles. The van der Waals surface area contributed by atoms with E-state index in [1.165, 1.54) is 25.7 Å². The molecule has 0 aromatic heterocycles. The molecule has 2 aliphatic rings. The summed E-state index contributed by atoms with van der Waals surface area (Å²) >= 11 is 3.45. The maximum Gasteiger partial charge on any atom is 0.223 e. The normalized spacial score (nSPS) is 29.5. The van der Waals surface area contributed by atoms with Crippen molar-refractivity contribution >= 4 is 21.8 Å². The summed E-state index contributed by atoms with van der Waals surface area (Å²) < 4.78 is 1.06. The summed E-state index contributed by atoms with van der Waals surface area (Å²) in [6.45, 7) is 0.647. The summed E-state index contributed by atoms with van der Waals surface area (Å²) in [6, 6.07) is 8.11. The van der Waals surface area contributed by atoms with Crippen LogP contribution in [0.1, 0.15) is 31.2 Å². The van der Waals surface area contributed by atoms with Crippen molar-refractivity contribution in [2.75, 3.05) is 0 Å². The highest BCUT2D eigenvalue weighted by Gasteiger charge is 2.54. The predicted molar refractivity (Wildman–Crippen MR) is 74.9 cm³/mol. The molecular weight excluding hydrogens is 290 g/mol. The lowest BCUT2D eigenvalue weighted by Gasteiger charge is -2.05. The fourth-order valence-corrected chi connectivity index (χ4v) is 3.78. The zero-order valence-corrected chi connectivity index (χ0v) is 11.9. The molecule has 2 unspecified atom stereocenters. The fourth-order valence-electron chi connectivity index (χ4n) is 3.34. The van der Waals surface area contributed by atoms with Gasteiger partial charge in [-0.2, -0.15) is 0 Å². The van der Waals surface area contributed by atoms with E-state index in [0.717, 1.165) is 10.0 Å². The molecule has 0 aliphatic heterocycles. The zero-order chi connectivity index (χ0) is 12.5. The van der Waals surface area contributed by atoms with Gasteiger partial charge in [-0.25, -0.2) is 0 Å². The van der Waals surface area contributed by atoms with Gasteiger partial charge in [0.1, 0.15) is 0 Å². The fraction of sp³-hybridized carbons (Fsp3) is 0.533. The number of carbonyl (C=O) groups excluding carboxylic acids is 1. The van der Waals surface area contributed by atoms with Gasteiger partial charge in [-0.05, 0) is 42.4 Å². The zero-order valence-electron chi connectivity index (χ0n) is 10.4. The molecule has 0 spiro atoms. The maximum atomic E-state index is 12.1. The minimum Gasteiger partial charge on any atom is -0.352 e. The maximum absolute atomic E-state index is 12.1. The van der Waals surface area contributed by atoms with Crippen LogP contribution in [-0.4, -0.2) is 5.91 Å². The Morgan fingerprint density at radius 1 is 1.28 bits per heavy atom. The Balaban J connectivity index is 1.53. The van der Waals surface area contributed by atoms with Crippen molar-refractivity contribution in [3.8, 4) is 0 Å². The number of amides is 1. The quantitative estimate of drug-likeness (QED) is 0.910. The van der Waals surface area contributed by atoms with E-state index in [4.69, 9.17) is 0 Å². The number of fused-ring (bicyclic) bond motifs is 1. The number of benzene rings is 1. The van der Waals surface area contributed by atoms with Crippen LogP contribution >= 0.6 is 15.9 Å². The number of halogens is 1. The third-order valence-electron chi connectivity index (χ3n) is 4.32. The minimum atomic E-state index is 0.270. The third kappa shape index (κ3) is 2.46. The van der Waals surface area contributed by atoms with Crippen LogP contribution < -0.4 is 5.32 Å². The molecule has 0 heterocycles. The second kappa shape index (κ2) is 5.04. The first-order valence-electron chi connectivity index (χ1n) is 6.78. The lowest BCUT2D eigenvalue weighted by Crippen LogP contribution is -2.25. The first-order valence-corrected chi connectivity index (χ1v) is 7.57. The van der Waals surface area contributed by atoms with Crippen LogP contribution in [-0.2, 0) is 11.3 Å². The Kier molecular flexibility index (Phi) is 3.42. The molecule has 2 atom stereocenters. The molecule has 2 nitrogen and oxygen atoms in total. The van der Waals surface area contributed by atoms with E-state index in [-0.39, 0.29) is 5.91 Å². The van der Waals surface area contributed by atoms with Gasteiger partial charge >= 0.3 is 0 Å². The van der Waals surface area contributed by atoms with E-state index in [9.17, 15) is 4.79 Å². The van der Waals surface area contributed by atoms with Crippen molar-refractivity contribution in [2.24, 2.45) is 17.8 Å². The van der Waals surface area contributed by atoms with Gasteiger partial charge in [-0.15, -0.1) is 0 Å². The third-order valence-corrected chi connectivity index (χ3v) is 4.81. The Labute approximate surface area is 116 Å². The van der Waals surface area contributed by atoms with Gasteiger partial charge in [-0.1, -0.05) is 40.9 Å². The van der Waals surface area contributed by atoms with Crippen molar-refractivity contribution in [1.82, 2.24) is 5.32 Å². The van der Waals surface area contributed by atoms with Crippen molar-refractivity contribution in [3.63, 3.8) is 0 Å². The standard InChI is InChI=1S/C15H18BrNO/c16-11-5-3-4-10(8-11)9-17-15(18)14-12-6-1-2-7-13(12)14/h3-5,8,12-14H,1-2,6-7,9H2,(H,17,18). The first kappa shape index (κ1) is 12.2. The molecule has 0 saturated heterocycles. The van der Waals surface area contributed by atoms with Crippen LogP contribution in [0.25, 0.3) is 0 Å². The monoisotopic (exact) mass is 307 g/mol. The van der Waals surface area contributed by atoms with Crippen molar-refractivity contribution < 1.29 is 4.79 Å². The second-order valence-electron chi connectivity index (χ2n) is 5.49. The molecule has 1 N–H and O–H groups in total. The number of rotatable bonds is 3. The largest absolute Gasteiger partial charge is 0.352 e. The van der Waals surface area contributed by atoms with Crippen LogP contribution in [0.5, 0.6) is 0 Å². The average molecular weight is 308 g/mol. The Hall–Kier alpha value is -0.830. The summed E-state index contributed by atoms with van der Waals surface area (Å²) in [7, 11) is 0. The molecule has 18 heavy (non-hydrogen) atoms. The Morgan fingerprint density at radius 3 is 2.67 bits per heavy atom. The van der Waals surface area contributed by atoms with E-state index >= 15 is 0 Å². The predicted octanol–water partition coefficient (Wildman–Crippen LogP) is 3.50. The molecule has 1 aromatic carbocycles. The summed E-state index contributed by atoms with van der Waals surface area (Å²) in [5, 5.41) is 3.08. The SMILES string of the molecule is O=C(NCc1cccc(Br)c1)C1C2CCCCC21. The smallest absolute Gasteiger partial charge is 0.223 e. The van der Waals surface area contributed by atoms with E-state index in [2.05, 4.69) is 27.3 Å². The number of nitrogens with one attached hydrogen (secondary N) is 1. The molecule has 2 fully saturated rings. The number of carbonyl (C=O) groups is 1. The number of hydrogen-bond donors (Lipinski definition) is 1. The topological polar surface area (TPSA) is 29.1 Å². The van der Waals surface area contributed by atoms with Gasteiger partial charge in [0.05, 0.1) is 0 Å². The van der Waals surface area contributed by atoms with Crippen LogP contribution in [0.4, 0.5) is 0 Å². The van der Waals surface area contributed by atoms with Gasteiger partial charge in [0.2, 0.25) is 5.91 Å². The average Bonchev–Trinajstić information content (AvgIpc) is 3.10. The van der Waals surface area contributed by atoms with Gasteiger partial charge in [0, 0.05) is 16.9 Å². The molecule has 96 valence electrons. The van der Waals surface area contributed by atoms with Crippen LogP contribution in [0.15, 0.2) is 28.7 Å². The minimum absolute atomic E-state index is 0.270. The van der Waals surface area contributed by atoms with Gasteiger partial charge in [-0.3, -0.25) is 4.79 Å². The first-order chi connectivity index (χ1) is 8.75. The van der Waals surface area contributed by atoms with Gasteiger partial charge in [0.25, 0.3) is 0 Å². The molecular formula is C15H18BrNO. The van der Waals surface area contributed by atoms with Gasteiger partial charge < -0.3 is 5.32 Å². The summed E-state index contributed by atoms with van der Waals surface area (Å²) in [5.41, 5.74) is 1.15. The summed E-state index contributed by atoms with van der Waals surface area (Å²) in [5.74, 6) is 1.98. The van der Waals surface area contributed by atoms with E-state index in [1.807, 2.05) is 18.2 Å². The molecule has 0 bridgehead atoms. The summed E-state index contributed by atoms with van der Waals surface area (Å²) in [4.78, 5) is 12.1. The molecule has 3 heteroatoms. The van der Waals surface area contributed by atoms with Crippen molar-refractivity contribution in [2.45, 2.75) is 32.2 Å². The molecule has 3 rings (SSSR count). The highest BCUT2D eigenvalue weighted by Crippen LogP contribution is 2.55. The molecule has 1 aromatic rings. The van der Waals surface area contributed by atoms with E-state index < -0.39 is 0 Å². The van der Waals surface area contributed by atoms with Crippen LogP contribution in [0.2, 0.25) is 0 Å². The molecule has 2 saturated carbocycles. The summed E-state index contributed by atoms with van der Waals surface area (Å²) in [6.07, 6.45) is 5.16. The highest BCUT2D eigenvalue weighted by atomic mass is 79.9. The lowest BCUT2D eigenvalue weighted by atomic mass is 10.0. The Bertz CT molecular complexity index is 448. The number of hydrogen-bond acceptors (Lipinski definition) is 1. The van der Waals surface area contributed by atoms with Crippen molar-refractivity contribution in [1.29, 1.82) is 0 Å². The van der Waals surface area contributed by atoms with Crippen molar-refractivity contribution in [3.05, 3.63) is 34.3 Å². The Morgan fingerprint density at radius 2 is 2.00 bits per heavy atom. The van der Waals surface area contributed by atoms with Crippen LogP contribution in [0.3, 0.4) is 0 Å². The van der Waals surface area contributed by atoms with Gasteiger partial charge in [0.15, 0.2) is 0 Å². The second-order valence-corrected chi connectivity index (χ2v) is 6.40. The molecule has 0 radical (unpaired) electrons. The lowest BCUT2D eigenvalue weighted by molar-refractivity contribution is -0.123. The highest BCUT2D eigenvalue weighted by molar-refractivity contribution is 9.10. The van der Waals surface area contributed by atoms with E-state index in [1.54, 1.807) is 0 Å². The van der Waals surface area contributed by atoms with E-state index in [0.29, 0.717) is 24.3 Å². The molecule has 1 amide bonds.